The molecule has 0 aliphatic rings. The molecular formula is C19H25N3O4. The van der Waals surface area contributed by atoms with Gasteiger partial charge in [0.05, 0.1) is 32.0 Å². The van der Waals surface area contributed by atoms with Crippen LogP contribution < -0.4 is 10.6 Å². The lowest BCUT2D eigenvalue weighted by atomic mass is 10.0. The van der Waals surface area contributed by atoms with Gasteiger partial charge < -0.3 is 24.9 Å². The van der Waals surface area contributed by atoms with Crippen LogP contribution in [0.15, 0.2) is 52.1 Å². The third kappa shape index (κ3) is 5.35. The fourth-order valence-electron chi connectivity index (χ4n) is 2.30. The minimum absolute atomic E-state index is 0.244. The summed E-state index contributed by atoms with van der Waals surface area (Å²) >= 11 is 0. The highest BCUT2D eigenvalue weighted by molar-refractivity contribution is 5.89. The zero-order valence-corrected chi connectivity index (χ0v) is 15.3. The SMILES string of the molecule is CCNC(=NCc1ccc(C(=O)OC)cc1)NCC(C)(O)c1ccco1. The van der Waals surface area contributed by atoms with Crippen molar-refractivity contribution in [2.45, 2.75) is 26.0 Å². The van der Waals surface area contributed by atoms with Crippen LogP contribution in [0, 0.1) is 0 Å². The van der Waals surface area contributed by atoms with Gasteiger partial charge in [-0.2, -0.15) is 0 Å². The second-order valence-electron chi connectivity index (χ2n) is 5.99. The molecule has 7 nitrogen and oxygen atoms in total. The molecule has 1 aromatic carbocycles. The Morgan fingerprint density at radius 1 is 1.27 bits per heavy atom. The van der Waals surface area contributed by atoms with Crippen LogP contribution in [-0.2, 0) is 16.9 Å². The number of benzene rings is 1. The quantitative estimate of drug-likeness (QED) is 0.398. The van der Waals surface area contributed by atoms with Gasteiger partial charge in [-0.05, 0) is 43.7 Å². The van der Waals surface area contributed by atoms with E-state index < -0.39 is 5.60 Å². The van der Waals surface area contributed by atoms with Crippen molar-refractivity contribution in [3.63, 3.8) is 0 Å². The maximum Gasteiger partial charge on any atom is 0.337 e. The van der Waals surface area contributed by atoms with Crippen LogP contribution in [0.25, 0.3) is 0 Å². The summed E-state index contributed by atoms with van der Waals surface area (Å²) in [6.07, 6.45) is 1.53. The fraction of sp³-hybridized carbons (Fsp3) is 0.368. The minimum atomic E-state index is -1.15. The summed E-state index contributed by atoms with van der Waals surface area (Å²) in [5.41, 5.74) is 0.300. The first-order valence-corrected chi connectivity index (χ1v) is 8.42. The number of esters is 1. The number of ether oxygens (including phenoxy) is 1. The van der Waals surface area contributed by atoms with Gasteiger partial charge in [-0.1, -0.05) is 12.1 Å². The Morgan fingerprint density at radius 3 is 2.58 bits per heavy atom. The van der Waals surface area contributed by atoms with Crippen LogP contribution in [0.2, 0.25) is 0 Å². The summed E-state index contributed by atoms with van der Waals surface area (Å²) in [6.45, 7) is 5.00. The number of furan rings is 1. The van der Waals surface area contributed by atoms with Crippen LogP contribution in [0.3, 0.4) is 0 Å². The second-order valence-corrected chi connectivity index (χ2v) is 5.99. The Kier molecular flexibility index (Phi) is 6.80. The maximum atomic E-state index is 11.5. The largest absolute Gasteiger partial charge is 0.466 e. The Balaban J connectivity index is 1.99. The Bertz CT molecular complexity index is 722. The molecule has 7 heteroatoms. The number of methoxy groups -OCH3 is 1. The first kappa shape index (κ1) is 19.5. The molecule has 0 aliphatic heterocycles. The van der Waals surface area contributed by atoms with Crippen molar-refractivity contribution in [3.05, 3.63) is 59.5 Å². The summed E-state index contributed by atoms with van der Waals surface area (Å²) in [7, 11) is 1.35. The van der Waals surface area contributed by atoms with E-state index in [-0.39, 0.29) is 12.5 Å². The van der Waals surface area contributed by atoms with Gasteiger partial charge in [0.1, 0.15) is 11.4 Å². The van der Waals surface area contributed by atoms with Crippen LogP contribution in [-0.4, -0.2) is 37.2 Å². The van der Waals surface area contributed by atoms with Crippen molar-refractivity contribution >= 4 is 11.9 Å². The van der Waals surface area contributed by atoms with Gasteiger partial charge in [0, 0.05) is 6.54 Å². The summed E-state index contributed by atoms with van der Waals surface area (Å²) in [4.78, 5) is 16.0. The topological polar surface area (TPSA) is 96.1 Å². The summed E-state index contributed by atoms with van der Waals surface area (Å²) < 4.78 is 9.95. The third-order valence-electron chi connectivity index (χ3n) is 3.79. The van der Waals surface area contributed by atoms with Gasteiger partial charge in [0.2, 0.25) is 0 Å². The van der Waals surface area contributed by atoms with E-state index >= 15 is 0 Å². The molecule has 1 atom stereocenters. The Labute approximate surface area is 153 Å². The van der Waals surface area contributed by atoms with E-state index in [0.29, 0.717) is 30.4 Å². The average molecular weight is 359 g/mol. The number of guanidine groups is 1. The minimum Gasteiger partial charge on any atom is -0.466 e. The monoisotopic (exact) mass is 359 g/mol. The predicted octanol–water partition coefficient (Wildman–Crippen LogP) is 2.03. The molecule has 0 aliphatic carbocycles. The molecule has 1 aromatic heterocycles. The summed E-state index contributed by atoms with van der Waals surface area (Å²) in [5.74, 6) is 0.700. The van der Waals surface area contributed by atoms with E-state index in [0.717, 1.165) is 5.56 Å². The molecule has 2 rings (SSSR count). The Morgan fingerprint density at radius 2 is 2.00 bits per heavy atom. The van der Waals surface area contributed by atoms with Gasteiger partial charge >= 0.3 is 5.97 Å². The number of carbonyl (C=O) groups excluding carboxylic acids is 1. The molecule has 0 saturated carbocycles. The number of hydrogen-bond acceptors (Lipinski definition) is 5. The van der Waals surface area contributed by atoms with Crippen molar-refractivity contribution < 1.29 is 19.1 Å². The van der Waals surface area contributed by atoms with E-state index in [1.807, 2.05) is 19.1 Å². The maximum absolute atomic E-state index is 11.5. The lowest BCUT2D eigenvalue weighted by Crippen LogP contribution is -2.44. The molecule has 1 heterocycles. The normalized spacial score (nSPS) is 13.8. The third-order valence-corrected chi connectivity index (χ3v) is 3.79. The van der Waals surface area contributed by atoms with Crippen molar-refractivity contribution in [3.8, 4) is 0 Å². The lowest BCUT2D eigenvalue weighted by Gasteiger charge is -2.22. The molecule has 26 heavy (non-hydrogen) atoms. The number of nitrogens with one attached hydrogen (secondary N) is 2. The molecule has 2 aromatic rings. The highest BCUT2D eigenvalue weighted by atomic mass is 16.5. The number of carbonyl (C=O) groups is 1. The molecule has 0 saturated heterocycles. The van der Waals surface area contributed by atoms with E-state index in [2.05, 4.69) is 20.4 Å². The molecule has 0 bridgehead atoms. The number of aliphatic imine (C=N–C) groups is 1. The molecule has 0 spiro atoms. The van der Waals surface area contributed by atoms with E-state index in [9.17, 15) is 9.90 Å². The van der Waals surface area contributed by atoms with Crippen LogP contribution in [0.4, 0.5) is 0 Å². The van der Waals surface area contributed by atoms with Gasteiger partial charge in [-0.15, -0.1) is 0 Å². The van der Waals surface area contributed by atoms with Crippen LogP contribution in [0.1, 0.15) is 35.5 Å². The number of rotatable bonds is 7. The van der Waals surface area contributed by atoms with Gasteiger partial charge in [-0.3, -0.25) is 0 Å². The number of aliphatic hydroxyl groups is 1. The van der Waals surface area contributed by atoms with Crippen LogP contribution in [0.5, 0.6) is 0 Å². The highest BCUT2D eigenvalue weighted by Gasteiger charge is 2.26. The molecule has 1 unspecified atom stereocenters. The van der Waals surface area contributed by atoms with Gasteiger partial charge in [-0.25, -0.2) is 9.79 Å². The lowest BCUT2D eigenvalue weighted by molar-refractivity contribution is 0.0385. The van der Waals surface area contributed by atoms with Crippen molar-refractivity contribution in [2.75, 3.05) is 20.2 Å². The molecule has 0 fully saturated rings. The first-order chi connectivity index (χ1) is 12.5. The van der Waals surface area contributed by atoms with E-state index in [1.165, 1.54) is 13.4 Å². The molecular weight excluding hydrogens is 334 g/mol. The molecule has 0 radical (unpaired) electrons. The van der Waals surface area contributed by atoms with Crippen LogP contribution >= 0.6 is 0 Å². The number of nitrogens with zero attached hydrogens (tertiary/aromatic N) is 1. The number of hydrogen-bond donors (Lipinski definition) is 3. The van der Waals surface area contributed by atoms with Crippen molar-refractivity contribution in [1.82, 2.24) is 10.6 Å². The molecule has 0 amide bonds. The second kappa shape index (κ2) is 9.05. The smallest absolute Gasteiger partial charge is 0.337 e. The zero-order chi connectivity index (χ0) is 19.0. The van der Waals surface area contributed by atoms with E-state index in [4.69, 9.17) is 4.42 Å². The van der Waals surface area contributed by atoms with Crippen molar-refractivity contribution in [2.24, 2.45) is 4.99 Å². The fourth-order valence-corrected chi connectivity index (χ4v) is 2.30. The van der Waals surface area contributed by atoms with Gasteiger partial charge in [0.25, 0.3) is 0 Å². The predicted molar refractivity (Wildman–Crippen MR) is 98.9 cm³/mol. The standard InChI is InChI=1S/C19H25N3O4/c1-4-20-18(22-13-19(2,24)16-6-5-11-26-16)21-12-14-7-9-15(10-8-14)17(23)25-3/h5-11,24H,4,12-13H2,1-3H3,(H2,20,21,22). The summed E-state index contributed by atoms with van der Waals surface area (Å²) in [6, 6.07) is 10.5. The van der Waals surface area contributed by atoms with Crippen molar-refractivity contribution in [1.29, 1.82) is 0 Å². The first-order valence-electron chi connectivity index (χ1n) is 8.42. The molecule has 3 N–H and O–H groups in total. The average Bonchev–Trinajstić information content (AvgIpc) is 3.19. The summed E-state index contributed by atoms with van der Waals surface area (Å²) in [5, 5.41) is 16.7. The zero-order valence-electron chi connectivity index (χ0n) is 15.3. The molecule has 140 valence electrons. The Hall–Kier alpha value is -2.80. The van der Waals surface area contributed by atoms with Gasteiger partial charge in [0.15, 0.2) is 5.96 Å². The highest BCUT2D eigenvalue weighted by Crippen LogP contribution is 2.19. The van der Waals surface area contributed by atoms with E-state index in [1.54, 1.807) is 31.2 Å².